The molecule has 0 saturated heterocycles. The molecule has 1 rings (SSSR count). The molecule has 1 atom stereocenters. The molecule has 0 amide bonds. The molecule has 1 unspecified atom stereocenters. The van der Waals surface area contributed by atoms with Crippen molar-refractivity contribution in [3.05, 3.63) is 30.1 Å². The minimum Gasteiger partial charge on any atom is -0.389 e. The number of pyridine rings is 1. The summed E-state index contributed by atoms with van der Waals surface area (Å²) in [5, 5.41) is 9.26. The molecule has 1 aromatic heterocycles. The first-order valence-electron chi connectivity index (χ1n) is 4.61. The predicted molar refractivity (Wildman–Crippen MR) is 50.9 cm³/mol. The molecule has 0 aromatic carbocycles. The molecule has 3 nitrogen and oxygen atoms in total. The SMILES string of the molecule is CC(O)c1cc[n+](CCCN)cc1. The molecule has 3 heteroatoms. The molecule has 0 fully saturated rings. The minimum absolute atomic E-state index is 0.385. The number of rotatable bonds is 4. The second-order valence-corrected chi connectivity index (χ2v) is 3.19. The molecule has 0 bridgehead atoms. The maximum absolute atomic E-state index is 9.26. The second kappa shape index (κ2) is 4.94. The van der Waals surface area contributed by atoms with Crippen molar-refractivity contribution in [2.45, 2.75) is 26.0 Å². The summed E-state index contributed by atoms with van der Waals surface area (Å²) in [5.41, 5.74) is 6.35. The lowest BCUT2D eigenvalue weighted by molar-refractivity contribution is -0.697. The Kier molecular flexibility index (Phi) is 3.86. The second-order valence-electron chi connectivity index (χ2n) is 3.19. The average molecular weight is 181 g/mol. The van der Waals surface area contributed by atoms with E-state index >= 15 is 0 Å². The van der Waals surface area contributed by atoms with Gasteiger partial charge < -0.3 is 10.8 Å². The summed E-state index contributed by atoms with van der Waals surface area (Å²) in [4.78, 5) is 0. The van der Waals surface area contributed by atoms with Crippen molar-refractivity contribution in [1.82, 2.24) is 0 Å². The molecule has 72 valence electrons. The maximum Gasteiger partial charge on any atom is 0.169 e. The van der Waals surface area contributed by atoms with Crippen molar-refractivity contribution in [3.8, 4) is 0 Å². The molecule has 1 aromatic rings. The molecule has 0 aliphatic rings. The molecular weight excluding hydrogens is 164 g/mol. The van der Waals surface area contributed by atoms with E-state index in [4.69, 9.17) is 5.73 Å². The molecule has 0 radical (unpaired) electrons. The van der Waals surface area contributed by atoms with E-state index in [0.29, 0.717) is 6.54 Å². The largest absolute Gasteiger partial charge is 0.389 e. The van der Waals surface area contributed by atoms with E-state index < -0.39 is 0 Å². The zero-order valence-corrected chi connectivity index (χ0v) is 7.98. The van der Waals surface area contributed by atoms with Crippen LogP contribution in [0.3, 0.4) is 0 Å². The summed E-state index contributed by atoms with van der Waals surface area (Å²) < 4.78 is 2.07. The van der Waals surface area contributed by atoms with Crippen LogP contribution in [0.2, 0.25) is 0 Å². The Balaban J connectivity index is 2.59. The van der Waals surface area contributed by atoms with Gasteiger partial charge in [0.1, 0.15) is 6.54 Å². The number of nitrogens with zero attached hydrogens (tertiary/aromatic N) is 1. The average Bonchev–Trinajstić information content (AvgIpc) is 2.15. The zero-order valence-electron chi connectivity index (χ0n) is 7.98. The molecule has 0 aliphatic carbocycles. The molecule has 0 saturated carbocycles. The van der Waals surface area contributed by atoms with Crippen LogP contribution in [-0.4, -0.2) is 11.7 Å². The molecule has 3 N–H and O–H groups in total. The van der Waals surface area contributed by atoms with Gasteiger partial charge in [0.15, 0.2) is 12.4 Å². The van der Waals surface area contributed by atoms with E-state index in [1.165, 1.54) is 0 Å². The van der Waals surface area contributed by atoms with Crippen LogP contribution >= 0.6 is 0 Å². The number of hydrogen-bond donors (Lipinski definition) is 2. The molecule has 0 aliphatic heterocycles. The minimum atomic E-state index is -0.385. The van der Waals surface area contributed by atoms with Crippen LogP contribution in [0, 0.1) is 0 Å². The van der Waals surface area contributed by atoms with Gasteiger partial charge in [0.25, 0.3) is 0 Å². The van der Waals surface area contributed by atoms with Gasteiger partial charge in [0, 0.05) is 18.6 Å². The van der Waals surface area contributed by atoms with Crippen molar-refractivity contribution >= 4 is 0 Å². The topological polar surface area (TPSA) is 50.1 Å². The Hall–Kier alpha value is -0.930. The molecular formula is C10H17N2O+. The van der Waals surface area contributed by atoms with E-state index in [1.807, 2.05) is 24.5 Å². The van der Waals surface area contributed by atoms with E-state index in [0.717, 1.165) is 18.5 Å². The highest BCUT2D eigenvalue weighted by Crippen LogP contribution is 2.07. The number of aliphatic hydroxyl groups excluding tert-OH is 1. The third-order valence-corrected chi connectivity index (χ3v) is 2.02. The lowest BCUT2D eigenvalue weighted by Gasteiger charge is -2.02. The first-order valence-corrected chi connectivity index (χ1v) is 4.61. The summed E-state index contributed by atoms with van der Waals surface area (Å²) in [6, 6.07) is 3.86. The third-order valence-electron chi connectivity index (χ3n) is 2.02. The summed E-state index contributed by atoms with van der Waals surface area (Å²) in [6.07, 6.45) is 4.54. The quantitative estimate of drug-likeness (QED) is 0.660. The summed E-state index contributed by atoms with van der Waals surface area (Å²) >= 11 is 0. The fourth-order valence-electron chi connectivity index (χ4n) is 1.17. The third kappa shape index (κ3) is 3.13. The van der Waals surface area contributed by atoms with Crippen molar-refractivity contribution in [1.29, 1.82) is 0 Å². The first-order chi connectivity index (χ1) is 6.24. The lowest BCUT2D eigenvalue weighted by Crippen LogP contribution is -2.33. The van der Waals surface area contributed by atoms with Crippen LogP contribution in [0.1, 0.15) is 25.0 Å². The predicted octanol–water partition coefficient (Wildman–Crippen LogP) is 0.376. The van der Waals surface area contributed by atoms with Gasteiger partial charge in [0.2, 0.25) is 0 Å². The van der Waals surface area contributed by atoms with Gasteiger partial charge in [-0.1, -0.05) is 0 Å². The fourth-order valence-corrected chi connectivity index (χ4v) is 1.17. The normalized spacial score (nSPS) is 12.8. The van der Waals surface area contributed by atoms with Gasteiger partial charge in [-0.2, -0.15) is 0 Å². The molecule has 1 heterocycles. The fraction of sp³-hybridized carbons (Fsp3) is 0.500. The van der Waals surface area contributed by atoms with Crippen molar-refractivity contribution in [3.63, 3.8) is 0 Å². The van der Waals surface area contributed by atoms with Crippen LogP contribution in [0.15, 0.2) is 24.5 Å². The van der Waals surface area contributed by atoms with Crippen LogP contribution in [0.5, 0.6) is 0 Å². The standard InChI is InChI=1S/C10H17N2O/c1-9(13)10-3-7-12(8-4-10)6-2-5-11/h3-4,7-9,13H,2,5-6,11H2,1H3/q+1. The van der Waals surface area contributed by atoms with E-state index in [1.54, 1.807) is 6.92 Å². The van der Waals surface area contributed by atoms with Crippen LogP contribution in [0.25, 0.3) is 0 Å². The van der Waals surface area contributed by atoms with Crippen molar-refractivity contribution < 1.29 is 9.67 Å². The Morgan fingerprint density at radius 2 is 2.08 bits per heavy atom. The van der Waals surface area contributed by atoms with Crippen LogP contribution < -0.4 is 10.3 Å². The van der Waals surface area contributed by atoms with Gasteiger partial charge in [0.05, 0.1) is 6.10 Å². The highest BCUT2D eigenvalue weighted by atomic mass is 16.3. The number of aromatic nitrogens is 1. The Morgan fingerprint density at radius 1 is 1.46 bits per heavy atom. The van der Waals surface area contributed by atoms with Gasteiger partial charge >= 0.3 is 0 Å². The summed E-state index contributed by atoms with van der Waals surface area (Å²) in [5.74, 6) is 0. The van der Waals surface area contributed by atoms with Gasteiger partial charge in [-0.25, -0.2) is 4.57 Å². The highest BCUT2D eigenvalue weighted by molar-refractivity contribution is 5.09. The summed E-state index contributed by atoms with van der Waals surface area (Å²) in [7, 11) is 0. The van der Waals surface area contributed by atoms with E-state index in [2.05, 4.69) is 4.57 Å². The van der Waals surface area contributed by atoms with E-state index in [-0.39, 0.29) is 6.10 Å². The zero-order chi connectivity index (χ0) is 9.68. The van der Waals surface area contributed by atoms with Crippen molar-refractivity contribution in [2.24, 2.45) is 5.73 Å². The van der Waals surface area contributed by atoms with Crippen LogP contribution in [0.4, 0.5) is 0 Å². The van der Waals surface area contributed by atoms with Gasteiger partial charge in [-0.15, -0.1) is 0 Å². The maximum atomic E-state index is 9.26. The number of aryl methyl sites for hydroxylation is 1. The van der Waals surface area contributed by atoms with Crippen LogP contribution in [-0.2, 0) is 6.54 Å². The monoisotopic (exact) mass is 181 g/mol. The Bertz CT molecular complexity index is 244. The van der Waals surface area contributed by atoms with Crippen molar-refractivity contribution in [2.75, 3.05) is 6.54 Å². The molecule has 13 heavy (non-hydrogen) atoms. The summed E-state index contributed by atoms with van der Waals surface area (Å²) in [6.45, 7) is 3.42. The van der Waals surface area contributed by atoms with Gasteiger partial charge in [-0.3, -0.25) is 0 Å². The first kappa shape index (κ1) is 10.2. The number of nitrogens with two attached hydrogens (primary N) is 1. The molecule has 0 spiro atoms. The number of aliphatic hydroxyl groups is 1. The Morgan fingerprint density at radius 3 is 2.54 bits per heavy atom. The van der Waals surface area contributed by atoms with Gasteiger partial charge in [-0.05, 0) is 19.0 Å². The smallest absolute Gasteiger partial charge is 0.169 e. The Labute approximate surface area is 78.8 Å². The lowest BCUT2D eigenvalue weighted by atomic mass is 10.2. The van der Waals surface area contributed by atoms with E-state index in [9.17, 15) is 5.11 Å². The number of hydrogen-bond acceptors (Lipinski definition) is 2. The highest BCUT2D eigenvalue weighted by Gasteiger charge is 2.03.